The van der Waals surface area contributed by atoms with E-state index in [0.717, 1.165) is 0 Å². The predicted octanol–water partition coefficient (Wildman–Crippen LogP) is 3.25. The number of anilines is 1. The van der Waals surface area contributed by atoms with E-state index in [0.29, 0.717) is 16.8 Å². The van der Waals surface area contributed by atoms with Crippen molar-refractivity contribution in [2.45, 2.75) is 6.92 Å². The number of amides is 2. The first-order valence-corrected chi connectivity index (χ1v) is 6.85. The third-order valence-electron chi connectivity index (χ3n) is 2.96. The first-order chi connectivity index (χ1) is 9.90. The molecule has 0 bridgehead atoms. The molecular weight excluding hydrogens is 339 g/mol. The van der Waals surface area contributed by atoms with Gasteiger partial charge in [0.1, 0.15) is 5.82 Å². The fraction of sp³-hybridized carbons (Fsp3) is 0.0667. The number of nitrogens with one attached hydrogen (secondary N) is 1. The number of nitrogens with two attached hydrogens (primary N) is 1. The van der Waals surface area contributed by atoms with Crippen molar-refractivity contribution >= 4 is 33.4 Å². The number of aryl methyl sites for hydroxylation is 1. The second kappa shape index (κ2) is 6.05. The van der Waals surface area contributed by atoms with Crippen LogP contribution in [0.4, 0.5) is 10.1 Å². The maximum atomic E-state index is 13.4. The molecule has 0 saturated heterocycles. The van der Waals surface area contributed by atoms with Crippen LogP contribution < -0.4 is 11.1 Å². The molecule has 0 saturated carbocycles. The van der Waals surface area contributed by atoms with Crippen LogP contribution in [0.3, 0.4) is 0 Å². The maximum absolute atomic E-state index is 13.4. The van der Waals surface area contributed by atoms with Gasteiger partial charge in [-0.15, -0.1) is 0 Å². The summed E-state index contributed by atoms with van der Waals surface area (Å²) in [5, 5.41) is 2.67. The average molecular weight is 351 g/mol. The van der Waals surface area contributed by atoms with E-state index in [1.54, 1.807) is 19.1 Å². The summed E-state index contributed by atoms with van der Waals surface area (Å²) in [7, 11) is 0. The highest BCUT2D eigenvalue weighted by molar-refractivity contribution is 9.10. The van der Waals surface area contributed by atoms with Gasteiger partial charge < -0.3 is 11.1 Å². The molecule has 2 aromatic rings. The summed E-state index contributed by atoms with van der Waals surface area (Å²) in [6, 6.07) is 8.91. The van der Waals surface area contributed by atoms with Gasteiger partial charge in [-0.05, 0) is 58.7 Å². The Morgan fingerprint density at radius 1 is 1.24 bits per heavy atom. The third kappa shape index (κ3) is 3.28. The minimum absolute atomic E-state index is 0.105. The van der Waals surface area contributed by atoms with Crippen LogP contribution in [0.25, 0.3) is 0 Å². The molecule has 0 aliphatic rings. The monoisotopic (exact) mass is 350 g/mol. The van der Waals surface area contributed by atoms with Crippen molar-refractivity contribution in [3.63, 3.8) is 0 Å². The summed E-state index contributed by atoms with van der Waals surface area (Å²) in [4.78, 5) is 23.2. The highest BCUT2D eigenvalue weighted by Gasteiger charge is 2.14. The lowest BCUT2D eigenvalue weighted by Crippen LogP contribution is -2.15. The lowest BCUT2D eigenvalue weighted by atomic mass is 10.1. The number of halogens is 2. The molecule has 0 aliphatic heterocycles. The van der Waals surface area contributed by atoms with E-state index in [4.69, 9.17) is 5.73 Å². The standard InChI is InChI=1S/C15H12BrFN2O2/c1-8-7-9(14(18)20)5-6-12(8)19-15(21)10-3-2-4-11(17)13(10)16/h2-7H,1H3,(H2,18,20)(H,19,21). The Morgan fingerprint density at radius 2 is 1.95 bits per heavy atom. The third-order valence-corrected chi connectivity index (χ3v) is 3.76. The molecule has 0 fully saturated rings. The number of primary amides is 1. The van der Waals surface area contributed by atoms with Crippen LogP contribution in [0.2, 0.25) is 0 Å². The Balaban J connectivity index is 2.28. The Bertz CT molecular complexity index is 732. The van der Waals surface area contributed by atoms with Crippen molar-refractivity contribution in [1.29, 1.82) is 0 Å². The highest BCUT2D eigenvalue weighted by Crippen LogP contribution is 2.23. The van der Waals surface area contributed by atoms with Crippen LogP contribution in [0.15, 0.2) is 40.9 Å². The summed E-state index contributed by atoms with van der Waals surface area (Å²) in [5.74, 6) is -1.50. The number of carbonyl (C=O) groups excluding carboxylic acids is 2. The number of rotatable bonds is 3. The summed E-state index contributed by atoms with van der Waals surface area (Å²) < 4.78 is 13.5. The number of benzene rings is 2. The zero-order valence-corrected chi connectivity index (χ0v) is 12.7. The fourth-order valence-corrected chi connectivity index (χ4v) is 2.27. The number of carbonyl (C=O) groups is 2. The smallest absolute Gasteiger partial charge is 0.256 e. The van der Waals surface area contributed by atoms with Crippen molar-refractivity contribution in [3.05, 3.63) is 63.4 Å². The summed E-state index contributed by atoms with van der Waals surface area (Å²) in [5.41, 5.74) is 6.95. The second-order valence-electron chi connectivity index (χ2n) is 4.45. The van der Waals surface area contributed by atoms with Gasteiger partial charge in [-0.3, -0.25) is 9.59 Å². The normalized spacial score (nSPS) is 10.2. The van der Waals surface area contributed by atoms with Gasteiger partial charge >= 0.3 is 0 Å². The van der Waals surface area contributed by atoms with Gasteiger partial charge in [0.15, 0.2) is 0 Å². The van der Waals surface area contributed by atoms with Gasteiger partial charge in [-0.2, -0.15) is 0 Å². The van der Waals surface area contributed by atoms with Crippen LogP contribution in [0, 0.1) is 12.7 Å². The molecule has 108 valence electrons. The minimum Gasteiger partial charge on any atom is -0.366 e. The van der Waals surface area contributed by atoms with E-state index in [1.165, 1.54) is 24.3 Å². The van der Waals surface area contributed by atoms with E-state index in [9.17, 15) is 14.0 Å². The van der Waals surface area contributed by atoms with Crippen molar-refractivity contribution < 1.29 is 14.0 Å². The maximum Gasteiger partial charge on any atom is 0.256 e. The quantitative estimate of drug-likeness (QED) is 0.891. The number of hydrogen-bond donors (Lipinski definition) is 2. The van der Waals surface area contributed by atoms with E-state index in [2.05, 4.69) is 21.2 Å². The predicted molar refractivity (Wildman–Crippen MR) is 81.8 cm³/mol. The van der Waals surface area contributed by atoms with Gasteiger partial charge in [0.05, 0.1) is 10.0 Å². The second-order valence-corrected chi connectivity index (χ2v) is 5.24. The van der Waals surface area contributed by atoms with Crippen molar-refractivity contribution in [3.8, 4) is 0 Å². The molecule has 0 heterocycles. The molecule has 4 nitrogen and oxygen atoms in total. The Labute approximate surface area is 129 Å². The van der Waals surface area contributed by atoms with E-state index in [1.807, 2.05) is 0 Å². The van der Waals surface area contributed by atoms with Gasteiger partial charge in [0.25, 0.3) is 5.91 Å². The van der Waals surface area contributed by atoms with E-state index >= 15 is 0 Å². The van der Waals surface area contributed by atoms with Gasteiger partial charge in [0.2, 0.25) is 5.91 Å². The largest absolute Gasteiger partial charge is 0.366 e. The summed E-state index contributed by atoms with van der Waals surface area (Å²) >= 11 is 3.05. The number of hydrogen-bond acceptors (Lipinski definition) is 2. The first-order valence-electron chi connectivity index (χ1n) is 6.06. The molecule has 2 amide bonds. The Hall–Kier alpha value is -2.21. The SMILES string of the molecule is Cc1cc(C(N)=O)ccc1NC(=O)c1cccc(F)c1Br. The Kier molecular flexibility index (Phi) is 4.37. The van der Waals surface area contributed by atoms with E-state index < -0.39 is 17.6 Å². The van der Waals surface area contributed by atoms with Gasteiger partial charge in [0, 0.05) is 11.3 Å². The topological polar surface area (TPSA) is 72.2 Å². The summed E-state index contributed by atoms with van der Waals surface area (Å²) in [6.07, 6.45) is 0. The van der Waals surface area contributed by atoms with Crippen molar-refractivity contribution in [1.82, 2.24) is 0 Å². The molecule has 0 radical (unpaired) electrons. The van der Waals surface area contributed by atoms with Crippen LogP contribution in [-0.2, 0) is 0 Å². The molecular formula is C15H12BrFN2O2. The molecule has 0 atom stereocenters. The lowest BCUT2D eigenvalue weighted by molar-refractivity contribution is 0.0998. The van der Waals surface area contributed by atoms with Crippen molar-refractivity contribution in [2.75, 3.05) is 5.32 Å². The van der Waals surface area contributed by atoms with Crippen LogP contribution in [0.5, 0.6) is 0 Å². The van der Waals surface area contributed by atoms with Crippen molar-refractivity contribution in [2.24, 2.45) is 5.73 Å². The fourth-order valence-electron chi connectivity index (χ4n) is 1.83. The van der Waals surface area contributed by atoms with Crippen LogP contribution in [-0.4, -0.2) is 11.8 Å². The van der Waals surface area contributed by atoms with Crippen LogP contribution in [0.1, 0.15) is 26.3 Å². The molecule has 0 unspecified atom stereocenters. The minimum atomic E-state index is -0.538. The van der Waals surface area contributed by atoms with Crippen LogP contribution >= 0.6 is 15.9 Å². The lowest BCUT2D eigenvalue weighted by Gasteiger charge is -2.10. The molecule has 2 aromatic carbocycles. The molecule has 0 spiro atoms. The zero-order valence-electron chi connectivity index (χ0n) is 11.1. The van der Waals surface area contributed by atoms with Gasteiger partial charge in [-0.25, -0.2) is 4.39 Å². The van der Waals surface area contributed by atoms with Gasteiger partial charge in [-0.1, -0.05) is 6.07 Å². The molecule has 6 heteroatoms. The first kappa shape index (κ1) is 15.2. The Morgan fingerprint density at radius 3 is 2.57 bits per heavy atom. The zero-order chi connectivity index (χ0) is 15.6. The molecule has 21 heavy (non-hydrogen) atoms. The molecule has 3 N–H and O–H groups in total. The average Bonchev–Trinajstić information content (AvgIpc) is 2.43. The summed E-state index contributed by atoms with van der Waals surface area (Å²) in [6.45, 7) is 1.74. The molecule has 2 rings (SSSR count). The molecule has 0 aliphatic carbocycles. The highest BCUT2D eigenvalue weighted by atomic mass is 79.9. The molecule has 0 aromatic heterocycles. The van der Waals surface area contributed by atoms with E-state index in [-0.39, 0.29) is 10.0 Å².